The molecule has 0 atom stereocenters. The molecule has 2 nitrogen and oxygen atoms in total. The molecular weight excluding hydrogens is 126 g/mol. The molecule has 0 unspecified atom stereocenters. The highest BCUT2D eigenvalue weighted by Crippen LogP contribution is 1.76. The summed E-state index contributed by atoms with van der Waals surface area (Å²) in [6.07, 6.45) is 3.29. The normalized spacial score (nSPS) is 6.10. The van der Waals surface area contributed by atoms with Crippen LogP contribution in [-0.2, 0) is 4.79 Å². The zero-order chi connectivity index (χ0) is 8.83. The van der Waals surface area contributed by atoms with Gasteiger partial charge in [-0.05, 0) is 0 Å². The highest BCUT2D eigenvalue weighted by Gasteiger charge is 1.56. The molecule has 0 aliphatic rings. The maximum atomic E-state index is 9.05. The van der Waals surface area contributed by atoms with Crippen molar-refractivity contribution in [1.82, 2.24) is 0 Å². The van der Waals surface area contributed by atoms with E-state index in [1.165, 1.54) is 12.8 Å². The Bertz CT molecular complexity index is 41.1. The van der Waals surface area contributed by atoms with Gasteiger partial charge in [-0.15, -0.1) is 0 Å². The molecule has 0 heterocycles. The minimum absolute atomic E-state index is 0. The van der Waals surface area contributed by atoms with E-state index in [2.05, 4.69) is 19.6 Å². The van der Waals surface area contributed by atoms with Crippen LogP contribution in [0.3, 0.4) is 0 Å². The number of carbonyl (C=O) groups is 1. The van der Waals surface area contributed by atoms with Crippen molar-refractivity contribution >= 4 is 6.29 Å². The first kappa shape index (κ1) is 16.3. The lowest BCUT2D eigenvalue weighted by molar-refractivity contribution is -0.106. The van der Waals surface area contributed by atoms with E-state index in [0.29, 0.717) is 6.29 Å². The van der Waals surface area contributed by atoms with Crippen LogP contribution >= 0.6 is 0 Å². The fourth-order valence-corrected chi connectivity index (χ4v) is 0. The minimum atomic E-state index is 0. The second kappa shape index (κ2) is 38.1. The summed E-state index contributed by atoms with van der Waals surface area (Å²) >= 11 is 0. The number of aldehydes is 1. The van der Waals surface area contributed by atoms with Crippen LogP contribution in [0.4, 0.5) is 0 Å². The van der Waals surface area contributed by atoms with Crippen molar-refractivity contribution in [1.29, 1.82) is 0 Å². The second-order valence-corrected chi connectivity index (χ2v) is 1.40. The molecule has 2 N–H and O–H groups in total. The van der Waals surface area contributed by atoms with Gasteiger partial charge in [-0.25, -0.2) is 0 Å². The minimum Gasteiger partial charge on any atom is -0.324 e. The molecule has 2 heteroatoms. The van der Waals surface area contributed by atoms with Gasteiger partial charge in [0.25, 0.3) is 0 Å². The summed E-state index contributed by atoms with van der Waals surface area (Å²) in [6, 6.07) is 0. The van der Waals surface area contributed by atoms with Gasteiger partial charge in [0.1, 0.15) is 6.29 Å². The van der Waals surface area contributed by atoms with Crippen molar-refractivity contribution in [2.24, 2.45) is 5.73 Å². The number of unbranched alkanes of at least 4 members (excludes halogenated alkanes) is 1. The highest BCUT2D eigenvalue weighted by molar-refractivity contribution is 5.51. The Hall–Kier alpha value is -0.370. The Morgan fingerprint density at radius 1 is 1.30 bits per heavy atom. The van der Waals surface area contributed by atoms with E-state index in [1.807, 2.05) is 13.8 Å². The van der Waals surface area contributed by atoms with Crippen molar-refractivity contribution in [3.63, 3.8) is 0 Å². The standard InChI is InChI=1S/C4H10.C2H5NO.C2H6.H2/c1-3-4-2;3-1-2-4;1-2;/h3-4H2,1-2H3;2H,1,3H2;1-2H3;1H. The maximum absolute atomic E-state index is 9.05. The summed E-state index contributed by atoms with van der Waals surface area (Å²) < 4.78 is 0. The highest BCUT2D eigenvalue weighted by atomic mass is 16.1. The van der Waals surface area contributed by atoms with Gasteiger partial charge in [0, 0.05) is 7.97 Å². The van der Waals surface area contributed by atoms with Gasteiger partial charge in [0.15, 0.2) is 0 Å². The summed E-state index contributed by atoms with van der Waals surface area (Å²) in [7, 11) is 0. The second-order valence-electron chi connectivity index (χ2n) is 1.40. The molecule has 0 saturated carbocycles. The van der Waals surface area contributed by atoms with E-state index in [4.69, 9.17) is 4.79 Å². The van der Waals surface area contributed by atoms with E-state index in [0.717, 1.165) is 0 Å². The van der Waals surface area contributed by atoms with E-state index in [1.54, 1.807) is 0 Å². The average Bonchev–Trinajstić information content (AvgIpc) is 2.08. The predicted octanol–water partition coefficient (Wildman–Crippen LogP) is 2.22. The molecule has 0 radical (unpaired) electrons. The molecule has 0 fully saturated rings. The van der Waals surface area contributed by atoms with Crippen molar-refractivity contribution in [3.8, 4) is 0 Å². The Balaban J connectivity index is -0.0000000339. The molecule has 0 aliphatic carbocycles. The SMILES string of the molecule is CC.CCCC.NCC=O.[HH]. The summed E-state index contributed by atoms with van der Waals surface area (Å²) in [5, 5.41) is 0. The van der Waals surface area contributed by atoms with Gasteiger partial charge < -0.3 is 10.5 Å². The van der Waals surface area contributed by atoms with Gasteiger partial charge in [-0.3, -0.25) is 0 Å². The molecule has 0 bridgehead atoms. The fourth-order valence-electron chi connectivity index (χ4n) is 0. The average molecular weight is 149 g/mol. The Morgan fingerprint density at radius 3 is 1.50 bits per heavy atom. The van der Waals surface area contributed by atoms with Crippen molar-refractivity contribution in [2.45, 2.75) is 40.5 Å². The zero-order valence-electron chi connectivity index (χ0n) is 7.68. The number of nitrogens with two attached hydrogens (primary N) is 1. The van der Waals surface area contributed by atoms with Crippen molar-refractivity contribution in [2.75, 3.05) is 6.54 Å². The first-order valence-corrected chi connectivity index (χ1v) is 3.97. The van der Waals surface area contributed by atoms with Gasteiger partial charge in [-0.1, -0.05) is 40.5 Å². The first-order valence-electron chi connectivity index (χ1n) is 3.97. The maximum Gasteiger partial charge on any atom is 0.133 e. The molecule has 0 amide bonds. The van der Waals surface area contributed by atoms with Gasteiger partial charge in [0.05, 0.1) is 0 Å². The molecule has 0 spiro atoms. The van der Waals surface area contributed by atoms with Gasteiger partial charge >= 0.3 is 0 Å². The monoisotopic (exact) mass is 149 g/mol. The summed E-state index contributed by atoms with van der Waals surface area (Å²) in [5.74, 6) is 0. The van der Waals surface area contributed by atoms with E-state index in [-0.39, 0.29) is 7.97 Å². The summed E-state index contributed by atoms with van der Waals surface area (Å²) in [6.45, 7) is 8.50. The quantitative estimate of drug-likeness (QED) is 0.612. The van der Waals surface area contributed by atoms with E-state index < -0.39 is 0 Å². The van der Waals surface area contributed by atoms with Crippen LogP contribution in [0.2, 0.25) is 0 Å². The zero-order valence-corrected chi connectivity index (χ0v) is 7.68. The molecule has 0 rings (SSSR count). The molecule has 0 aromatic rings. The summed E-state index contributed by atoms with van der Waals surface area (Å²) in [4.78, 5) is 9.05. The first-order chi connectivity index (χ1) is 4.83. The van der Waals surface area contributed by atoms with Gasteiger partial charge in [-0.2, -0.15) is 0 Å². The number of carbonyl (C=O) groups excluding carboxylic acids is 1. The van der Waals surface area contributed by atoms with Crippen LogP contribution in [-0.4, -0.2) is 12.8 Å². The Labute approximate surface area is 66.3 Å². The van der Waals surface area contributed by atoms with Crippen LogP contribution < -0.4 is 5.73 Å². The predicted molar refractivity (Wildman–Crippen MR) is 49.2 cm³/mol. The van der Waals surface area contributed by atoms with Crippen LogP contribution in [0, 0.1) is 0 Å². The largest absolute Gasteiger partial charge is 0.324 e. The Morgan fingerprint density at radius 2 is 1.50 bits per heavy atom. The number of hydrogen-bond acceptors (Lipinski definition) is 2. The third-order valence-corrected chi connectivity index (χ3v) is 0.596. The third-order valence-electron chi connectivity index (χ3n) is 0.596. The molecule has 0 aromatic heterocycles. The van der Waals surface area contributed by atoms with E-state index >= 15 is 0 Å². The topological polar surface area (TPSA) is 43.1 Å². The lowest BCUT2D eigenvalue weighted by Crippen LogP contribution is -1.97. The third kappa shape index (κ3) is 126. The molecule has 0 saturated heterocycles. The molecule has 0 aliphatic heterocycles. The molecular formula is C8H23NO. The molecule has 0 aromatic carbocycles. The van der Waals surface area contributed by atoms with Crippen LogP contribution in [0.5, 0.6) is 0 Å². The van der Waals surface area contributed by atoms with Gasteiger partial charge in [0.2, 0.25) is 0 Å². The lowest BCUT2D eigenvalue weighted by atomic mass is 10.4. The molecule has 66 valence electrons. The number of hydrogen-bond donors (Lipinski definition) is 1. The Kier molecular flexibility index (Phi) is 62.2. The van der Waals surface area contributed by atoms with Crippen molar-refractivity contribution in [3.05, 3.63) is 0 Å². The number of rotatable bonds is 2. The van der Waals surface area contributed by atoms with Crippen molar-refractivity contribution < 1.29 is 6.22 Å². The van der Waals surface area contributed by atoms with Crippen LogP contribution in [0.1, 0.15) is 42.0 Å². The van der Waals surface area contributed by atoms with Crippen LogP contribution in [0.15, 0.2) is 0 Å². The van der Waals surface area contributed by atoms with E-state index in [9.17, 15) is 0 Å². The lowest BCUT2D eigenvalue weighted by Gasteiger charge is -1.68. The summed E-state index contributed by atoms with van der Waals surface area (Å²) in [5.41, 5.74) is 4.66. The van der Waals surface area contributed by atoms with Crippen LogP contribution in [0.25, 0.3) is 0 Å². The molecule has 10 heavy (non-hydrogen) atoms. The smallest absolute Gasteiger partial charge is 0.133 e. The fraction of sp³-hybridized carbons (Fsp3) is 0.875.